The Morgan fingerprint density at radius 2 is 1.93 bits per heavy atom. The van der Waals surface area contributed by atoms with Crippen molar-refractivity contribution in [3.8, 4) is 28.4 Å². The van der Waals surface area contributed by atoms with Gasteiger partial charge < -0.3 is 19.5 Å². The Morgan fingerprint density at radius 3 is 2.63 bits per heavy atom. The maximum Gasteiger partial charge on any atom is 0.225 e. The number of rotatable bonds is 7. The van der Waals surface area contributed by atoms with Crippen LogP contribution in [0.1, 0.15) is 22.8 Å². The van der Waals surface area contributed by atoms with Crippen molar-refractivity contribution in [2.75, 3.05) is 26.1 Å². The Bertz CT molecular complexity index is 1070. The molecule has 5 nitrogen and oxygen atoms in total. The van der Waals surface area contributed by atoms with Gasteiger partial charge in [0.2, 0.25) is 5.91 Å². The predicted octanol–water partition coefficient (Wildman–Crippen LogP) is 5.47. The summed E-state index contributed by atoms with van der Waals surface area (Å²) in [5.74, 6) is 2.08. The number of carbonyl (C=O) groups excluding carboxylic acids is 1. The second-order valence-electron chi connectivity index (χ2n) is 6.93. The van der Waals surface area contributed by atoms with E-state index in [4.69, 9.17) is 14.2 Å². The van der Waals surface area contributed by atoms with Crippen LogP contribution >= 0.6 is 11.3 Å². The Balaban J connectivity index is 1.71. The van der Waals surface area contributed by atoms with E-state index in [2.05, 4.69) is 17.3 Å². The molecule has 6 heteroatoms. The van der Waals surface area contributed by atoms with Crippen LogP contribution in [0.15, 0.2) is 60.5 Å². The third kappa shape index (κ3) is 3.78. The average Bonchev–Trinajstić information content (AvgIpc) is 3.20. The van der Waals surface area contributed by atoms with Crippen LogP contribution in [0.25, 0.3) is 11.1 Å². The lowest BCUT2D eigenvalue weighted by molar-refractivity contribution is -0.116. The minimum atomic E-state index is -0.0342. The largest absolute Gasteiger partial charge is 0.497 e. The summed E-state index contributed by atoms with van der Waals surface area (Å²) in [4.78, 5) is 13.7. The van der Waals surface area contributed by atoms with Crippen LogP contribution in [0.5, 0.6) is 17.2 Å². The van der Waals surface area contributed by atoms with Crippen molar-refractivity contribution in [3.05, 3.63) is 70.9 Å². The van der Waals surface area contributed by atoms with E-state index in [9.17, 15) is 4.79 Å². The summed E-state index contributed by atoms with van der Waals surface area (Å²) in [5, 5.41) is 5.18. The third-order valence-corrected chi connectivity index (χ3v) is 6.23. The number of nitrogens with one attached hydrogen (secondary N) is 1. The molecular weight excluding hydrogens is 398 g/mol. The van der Waals surface area contributed by atoms with Crippen molar-refractivity contribution in [2.45, 2.75) is 12.3 Å². The van der Waals surface area contributed by atoms with Gasteiger partial charge in [-0.25, -0.2) is 0 Å². The molecule has 1 aliphatic rings. The number of amides is 1. The van der Waals surface area contributed by atoms with Gasteiger partial charge in [-0.2, -0.15) is 0 Å². The van der Waals surface area contributed by atoms with E-state index >= 15 is 0 Å². The van der Waals surface area contributed by atoms with Crippen molar-refractivity contribution < 1.29 is 19.0 Å². The molecule has 1 N–H and O–H groups in total. The van der Waals surface area contributed by atoms with Crippen LogP contribution in [0.3, 0.4) is 0 Å². The standard InChI is InChI=1S/C24H23NO4S/c1-4-11-29-20-10-7-16(12-21(20)28-3)18-13-22(26)25-23-19(14-30-24(18)23)15-5-8-17(27-2)9-6-15/h4-10,12,14,18H,1,11,13H2,2-3H3,(H,25,26). The molecule has 0 saturated heterocycles. The highest BCUT2D eigenvalue weighted by Gasteiger charge is 2.31. The minimum Gasteiger partial charge on any atom is -0.497 e. The Labute approximate surface area is 179 Å². The molecule has 1 aliphatic heterocycles. The summed E-state index contributed by atoms with van der Waals surface area (Å²) in [5.41, 5.74) is 3.98. The number of benzene rings is 2. The van der Waals surface area contributed by atoms with Crippen LogP contribution in [0, 0.1) is 0 Å². The second-order valence-corrected chi connectivity index (χ2v) is 7.84. The normalized spacial score (nSPS) is 15.1. The number of fused-ring (bicyclic) bond motifs is 1. The molecule has 3 aromatic rings. The van der Waals surface area contributed by atoms with Crippen LogP contribution in [-0.2, 0) is 4.79 Å². The van der Waals surface area contributed by atoms with Gasteiger partial charge in [-0.05, 0) is 35.4 Å². The van der Waals surface area contributed by atoms with Gasteiger partial charge in [-0.1, -0.05) is 30.9 Å². The zero-order valence-electron chi connectivity index (χ0n) is 16.9. The molecule has 0 saturated carbocycles. The van der Waals surface area contributed by atoms with Crippen LogP contribution in [0.2, 0.25) is 0 Å². The van der Waals surface area contributed by atoms with E-state index < -0.39 is 0 Å². The highest BCUT2D eigenvalue weighted by atomic mass is 32.1. The number of hydrogen-bond donors (Lipinski definition) is 1. The first-order chi connectivity index (χ1) is 14.6. The number of anilines is 1. The van der Waals surface area contributed by atoms with E-state index in [0.29, 0.717) is 24.5 Å². The number of thiophene rings is 1. The Kier molecular flexibility index (Phi) is 5.77. The second kappa shape index (κ2) is 8.63. The van der Waals surface area contributed by atoms with E-state index in [1.807, 2.05) is 42.5 Å². The van der Waals surface area contributed by atoms with Crippen LogP contribution in [-0.4, -0.2) is 26.7 Å². The molecule has 1 atom stereocenters. The summed E-state index contributed by atoms with van der Waals surface area (Å²) in [7, 11) is 3.26. The lowest BCUT2D eigenvalue weighted by Gasteiger charge is -2.24. The van der Waals surface area contributed by atoms with Gasteiger partial charge in [0.05, 0.1) is 19.9 Å². The number of hydrogen-bond acceptors (Lipinski definition) is 5. The number of carbonyl (C=O) groups is 1. The van der Waals surface area contributed by atoms with Crippen molar-refractivity contribution in [1.82, 2.24) is 0 Å². The van der Waals surface area contributed by atoms with E-state index in [1.165, 1.54) is 0 Å². The molecule has 30 heavy (non-hydrogen) atoms. The number of methoxy groups -OCH3 is 2. The summed E-state index contributed by atoms with van der Waals surface area (Å²) in [6.45, 7) is 4.08. The topological polar surface area (TPSA) is 56.8 Å². The number of ether oxygens (including phenoxy) is 3. The molecule has 1 unspecified atom stereocenters. The van der Waals surface area contributed by atoms with Gasteiger partial charge in [0, 0.05) is 28.2 Å². The quantitative estimate of drug-likeness (QED) is 0.514. The van der Waals surface area contributed by atoms with E-state index in [-0.39, 0.29) is 11.8 Å². The van der Waals surface area contributed by atoms with E-state index in [0.717, 1.165) is 33.0 Å². The summed E-state index contributed by atoms with van der Waals surface area (Å²) < 4.78 is 16.4. The smallest absolute Gasteiger partial charge is 0.225 e. The first-order valence-corrected chi connectivity index (χ1v) is 10.5. The third-order valence-electron chi connectivity index (χ3n) is 5.14. The molecule has 2 aromatic carbocycles. The highest BCUT2D eigenvalue weighted by Crippen LogP contribution is 2.47. The average molecular weight is 422 g/mol. The fourth-order valence-corrected chi connectivity index (χ4v) is 4.81. The first-order valence-electron chi connectivity index (χ1n) is 9.62. The molecule has 2 heterocycles. The Morgan fingerprint density at radius 1 is 1.13 bits per heavy atom. The predicted molar refractivity (Wildman–Crippen MR) is 120 cm³/mol. The first kappa shape index (κ1) is 20.0. The zero-order chi connectivity index (χ0) is 21.1. The van der Waals surface area contributed by atoms with Crippen molar-refractivity contribution in [3.63, 3.8) is 0 Å². The molecule has 0 spiro atoms. The molecule has 0 bridgehead atoms. The van der Waals surface area contributed by atoms with Gasteiger partial charge in [-0.3, -0.25) is 4.79 Å². The summed E-state index contributed by atoms with van der Waals surface area (Å²) >= 11 is 1.66. The molecule has 0 aliphatic carbocycles. The lowest BCUT2D eigenvalue weighted by Crippen LogP contribution is -2.22. The van der Waals surface area contributed by atoms with Gasteiger partial charge in [0.15, 0.2) is 11.5 Å². The van der Waals surface area contributed by atoms with Gasteiger partial charge in [0.25, 0.3) is 0 Å². The summed E-state index contributed by atoms with van der Waals surface area (Å²) in [6, 6.07) is 13.7. The van der Waals surface area contributed by atoms with Crippen molar-refractivity contribution in [1.29, 1.82) is 0 Å². The molecule has 154 valence electrons. The molecule has 0 fully saturated rings. The Hall–Kier alpha value is -3.25. The summed E-state index contributed by atoms with van der Waals surface area (Å²) in [6.07, 6.45) is 2.09. The van der Waals surface area contributed by atoms with Crippen molar-refractivity contribution in [2.24, 2.45) is 0 Å². The fourth-order valence-electron chi connectivity index (χ4n) is 3.65. The van der Waals surface area contributed by atoms with Crippen LogP contribution in [0.4, 0.5) is 5.69 Å². The van der Waals surface area contributed by atoms with Gasteiger partial charge in [0.1, 0.15) is 12.4 Å². The monoisotopic (exact) mass is 421 g/mol. The SMILES string of the molecule is C=CCOc1ccc(C2CC(=O)Nc3c(-c4ccc(OC)cc4)csc32)cc1OC. The van der Waals surface area contributed by atoms with Gasteiger partial charge in [-0.15, -0.1) is 11.3 Å². The van der Waals surface area contributed by atoms with Crippen LogP contribution < -0.4 is 19.5 Å². The molecule has 1 aromatic heterocycles. The van der Waals surface area contributed by atoms with Crippen molar-refractivity contribution >= 4 is 22.9 Å². The lowest BCUT2D eigenvalue weighted by atomic mass is 9.89. The molecule has 4 rings (SSSR count). The van der Waals surface area contributed by atoms with Gasteiger partial charge >= 0.3 is 0 Å². The molecular formula is C24H23NO4S. The zero-order valence-corrected chi connectivity index (χ0v) is 17.8. The molecule has 0 radical (unpaired) electrons. The fraction of sp³-hybridized carbons (Fsp3) is 0.208. The maximum absolute atomic E-state index is 12.6. The van der Waals surface area contributed by atoms with E-state index in [1.54, 1.807) is 31.6 Å². The minimum absolute atomic E-state index is 0.00612. The molecule has 1 amide bonds. The highest BCUT2D eigenvalue weighted by molar-refractivity contribution is 7.11. The maximum atomic E-state index is 12.6.